The van der Waals surface area contributed by atoms with Crippen molar-refractivity contribution >= 4 is 40.6 Å². The fourth-order valence-electron chi connectivity index (χ4n) is 2.43. The summed E-state index contributed by atoms with van der Waals surface area (Å²) in [6.07, 6.45) is 3.96. The van der Waals surface area contributed by atoms with Gasteiger partial charge in [-0.15, -0.1) is 16.8 Å². The van der Waals surface area contributed by atoms with E-state index in [0.717, 1.165) is 18.7 Å². The predicted octanol–water partition coefficient (Wildman–Crippen LogP) is 3.63. The molecule has 0 unspecified atom stereocenters. The molecule has 0 bridgehead atoms. The van der Waals surface area contributed by atoms with Gasteiger partial charge in [0.1, 0.15) is 11.5 Å². The smallest absolute Gasteiger partial charge is 0.294 e. The van der Waals surface area contributed by atoms with Gasteiger partial charge in [0.2, 0.25) is 5.91 Å². The lowest BCUT2D eigenvalue weighted by molar-refractivity contribution is -0.383. The molecule has 0 atom stereocenters. The van der Waals surface area contributed by atoms with Crippen molar-refractivity contribution in [2.24, 2.45) is 0 Å². The monoisotopic (exact) mass is 393 g/mol. The number of aromatic nitrogens is 3. The number of rotatable bonds is 8. The lowest BCUT2D eigenvalue weighted by Crippen LogP contribution is -2.15. The molecule has 2 aromatic rings. The van der Waals surface area contributed by atoms with E-state index in [2.05, 4.69) is 22.1 Å². The molecule has 0 aliphatic heterocycles. The van der Waals surface area contributed by atoms with Crippen molar-refractivity contribution in [3.63, 3.8) is 0 Å². The number of benzene rings is 1. The third kappa shape index (κ3) is 4.23. The molecule has 10 heteroatoms. The number of nitro groups is 1. The minimum absolute atomic E-state index is 0.0553. The molecular weight excluding hydrogens is 378 g/mol. The SMILES string of the molecule is C=CCn1c(SCC(=O)Nc2ccc(Cl)cc2[N+](=O)[O-])nnc1C1CC1. The Morgan fingerprint density at radius 3 is 2.92 bits per heavy atom. The molecule has 1 aliphatic rings. The fraction of sp³-hybridized carbons (Fsp3) is 0.312. The van der Waals surface area contributed by atoms with Crippen molar-refractivity contribution in [3.05, 3.63) is 51.8 Å². The highest BCUT2D eigenvalue weighted by molar-refractivity contribution is 7.99. The summed E-state index contributed by atoms with van der Waals surface area (Å²) < 4.78 is 1.95. The molecule has 0 spiro atoms. The van der Waals surface area contributed by atoms with Crippen molar-refractivity contribution in [1.82, 2.24) is 14.8 Å². The number of hydrogen-bond acceptors (Lipinski definition) is 6. The van der Waals surface area contributed by atoms with Gasteiger partial charge in [0, 0.05) is 23.6 Å². The zero-order valence-electron chi connectivity index (χ0n) is 13.7. The molecule has 136 valence electrons. The highest BCUT2D eigenvalue weighted by Gasteiger charge is 2.30. The van der Waals surface area contributed by atoms with Gasteiger partial charge in [-0.05, 0) is 25.0 Å². The van der Waals surface area contributed by atoms with Crippen LogP contribution in [0.4, 0.5) is 11.4 Å². The second kappa shape index (κ2) is 7.88. The second-order valence-corrected chi connectivity index (χ2v) is 7.15. The van der Waals surface area contributed by atoms with E-state index in [1.165, 1.54) is 30.0 Å². The molecule has 1 N–H and O–H groups in total. The largest absolute Gasteiger partial charge is 0.320 e. The van der Waals surface area contributed by atoms with Gasteiger partial charge in [0.15, 0.2) is 5.16 Å². The Morgan fingerprint density at radius 2 is 2.27 bits per heavy atom. The summed E-state index contributed by atoms with van der Waals surface area (Å²) in [7, 11) is 0. The van der Waals surface area contributed by atoms with Gasteiger partial charge in [-0.3, -0.25) is 14.9 Å². The zero-order valence-corrected chi connectivity index (χ0v) is 15.3. The van der Waals surface area contributed by atoms with Crippen LogP contribution in [0.25, 0.3) is 0 Å². The van der Waals surface area contributed by atoms with Crippen LogP contribution in [0.15, 0.2) is 36.0 Å². The summed E-state index contributed by atoms with van der Waals surface area (Å²) in [4.78, 5) is 22.7. The average Bonchev–Trinajstić information content (AvgIpc) is 3.37. The van der Waals surface area contributed by atoms with Gasteiger partial charge in [-0.2, -0.15) is 0 Å². The summed E-state index contributed by atoms with van der Waals surface area (Å²) in [5, 5.41) is 22.9. The van der Waals surface area contributed by atoms with E-state index in [0.29, 0.717) is 17.6 Å². The van der Waals surface area contributed by atoms with Crippen LogP contribution >= 0.6 is 23.4 Å². The Bertz CT molecular complexity index is 866. The molecule has 1 heterocycles. The predicted molar refractivity (Wildman–Crippen MR) is 99.7 cm³/mol. The van der Waals surface area contributed by atoms with Crippen LogP contribution in [0, 0.1) is 10.1 Å². The van der Waals surface area contributed by atoms with Gasteiger partial charge in [-0.1, -0.05) is 29.4 Å². The number of carbonyl (C=O) groups is 1. The Balaban J connectivity index is 1.67. The average molecular weight is 394 g/mol. The van der Waals surface area contributed by atoms with Crippen LogP contribution in [0.3, 0.4) is 0 Å². The van der Waals surface area contributed by atoms with E-state index >= 15 is 0 Å². The number of halogens is 1. The standard InChI is InChI=1S/C16H16ClN5O3S/c1-2-7-21-15(10-3-4-10)19-20-16(21)26-9-14(23)18-12-6-5-11(17)8-13(12)22(24)25/h2,5-6,8,10H,1,3-4,7,9H2,(H,18,23). The lowest BCUT2D eigenvalue weighted by Gasteiger charge is -2.08. The van der Waals surface area contributed by atoms with Gasteiger partial charge in [0.05, 0.1) is 10.7 Å². The van der Waals surface area contributed by atoms with Crippen molar-refractivity contribution in [3.8, 4) is 0 Å². The van der Waals surface area contributed by atoms with Gasteiger partial charge < -0.3 is 9.88 Å². The minimum atomic E-state index is -0.586. The maximum atomic E-state index is 12.2. The quantitative estimate of drug-likeness (QED) is 0.318. The Labute approximate surface area is 158 Å². The van der Waals surface area contributed by atoms with Crippen LogP contribution in [0.2, 0.25) is 5.02 Å². The van der Waals surface area contributed by atoms with Gasteiger partial charge in [-0.25, -0.2) is 0 Å². The highest BCUT2D eigenvalue weighted by atomic mass is 35.5. The van der Waals surface area contributed by atoms with E-state index in [4.69, 9.17) is 11.6 Å². The molecule has 8 nitrogen and oxygen atoms in total. The van der Waals surface area contributed by atoms with E-state index in [1.54, 1.807) is 6.08 Å². The Hall–Kier alpha value is -2.39. The number of amides is 1. The summed E-state index contributed by atoms with van der Waals surface area (Å²) in [6.45, 7) is 4.32. The maximum absolute atomic E-state index is 12.2. The second-order valence-electron chi connectivity index (χ2n) is 5.77. The molecule has 1 amide bonds. The van der Waals surface area contributed by atoms with Crippen molar-refractivity contribution in [2.75, 3.05) is 11.1 Å². The summed E-state index contributed by atoms with van der Waals surface area (Å²) in [6, 6.07) is 4.10. The van der Waals surface area contributed by atoms with Crippen LogP contribution in [-0.2, 0) is 11.3 Å². The first-order valence-electron chi connectivity index (χ1n) is 7.90. The fourth-order valence-corrected chi connectivity index (χ4v) is 3.35. The Morgan fingerprint density at radius 1 is 1.50 bits per heavy atom. The highest BCUT2D eigenvalue weighted by Crippen LogP contribution is 2.40. The van der Waals surface area contributed by atoms with Crippen molar-refractivity contribution in [1.29, 1.82) is 0 Å². The summed E-state index contributed by atoms with van der Waals surface area (Å²) in [5.74, 6) is 1.03. The number of nitrogens with zero attached hydrogens (tertiary/aromatic N) is 4. The number of anilines is 1. The van der Waals surface area contributed by atoms with E-state index in [-0.39, 0.29) is 28.1 Å². The van der Waals surface area contributed by atoms with Crippen LogP contribution in [0.1, 0.15) is 24.6 Å². The number of nitrogens with one attached hydrogen (secondary N) is 1. The number of nitro benzene ring substituents is 1. The van der Waals surface area contributed by atoms with E-state index < -0.39 is 4.92 Å². The number of thioether (sulfide) groups is 1. The number of hydrogen-bond donors (Lipinski definition) is 1. The van der Waals surface area contributed by atoms with E-state index in [9.17, 15) is 14.9 Å². The molecular formula is C16H16ClN5O3S. The van der Waals surface area contributed by atoms with Crippen LogP contribution in [-0.4, -0.2) is 31.3 Å². The van der Waals surface area contributed by atoms with Gasteiger partial charge >= 0.3 is 0 Å². The molecule has 3 rings (SSSR count). The molecule has 0 saturated heterocycles. The van der Waals surface area contributed by atoms with Crippen molar-refractivity contribution in [2.45, 2.75) is 30.5 Å². The maximum Gasteiger partial charge on any atom is 0.294 e. The lowest BCUT2D eigenvalue weighted by atomic mass is 10.2. The number of allylic oxidation sites excluding steroid dienone is 1. The van der Waals surface area contributed by atoms with Gasteiger partial charge in [0.25, 0.3) is 5.69 Å². The van der Waals surface area contributed by atoms with Crippen LogP contribution < -0.4 is 5.32 Å². The summed E-state index contributed by atoms with van der Waals surface area (Å²) in [5.41, 5.74) is -0.141. The topological polar surface area (TPSA) is 103 Å². The first kappa shape index (κ1) is 18.4. The number of carbonyl (C=O) groups excluding carboxylic acids is 1. The van der Waals surface area contributed by atoms with Crippen LogP contribution in [0.5, 0.6) is 0 Å². The Kier molecular flexibility index (Phi) is 5.58. The normalized spacial score (nSPS) is 13.4. The molecule has 1 aromatic heterocycles. The van der Waals surface area contributed by atoms with E-state index in [1.807, 2.05) is 4.57 Å². The molecule has 0 radical (unpaired) electrons. The van der Waals surface area contributed by atoms with Crippen molar-refractivity contribution < 1.29 is 9.72 Å². The zero-order chi connectivity index (χ0) is 18.7. The first-order chi connectivity index (χ1) is 12.5. The molecule has 1 aromatic carbocycles. The third-order valence-electron chi connectivity index (χ3n) is 3.76. The molecule has 26 heavy (non-hydrogen) atoms. The first-order valence-corrected chi connectivity index (χ1v) is 9.26. The molecule has 1 saturated carbocycles. The molecule has 1 aliphatic carbocycles. The minimum Gasteiger partial charge on any atom is -0.320 e. The summed E-state index contributed by atoms with van der Waals surface area (Å²) >= 11 is 7.00. The molecule has 1 fully saturated rings. The third-order valence-corrected chi connectivity index (χ3v) is 4.96.